The molecule has 0 radical (unpaired) electrons. The third kappa shape index (κ3) is 2.92. The standard InChI is InChI=1S/C12H9Cl4O3P/c13-7-1-3-11(9(15)5-7)20(17,18,19)12-4-2-8(14)6-10(12)16/h1-6,17-19H. The van der Waals surface area contributed by atoms with E-state index < -0.39 is 7.28 Å². The van der Waals surface area contributed by atoms with Crippen LogP contribution in [0.15, 0.2) is 36.4 Å². The van der Waals surface area contributed by atoms with E-state index in [0.29, 0.717) is 10.0 Å². The average molecular weight is 374 g/mol. The summed E-state index contributed by atoms with van der Waals surface area (Å²) in [6, 6.07) is 7.85. The van der Waals surface area contributed by atoms with E-state index in [4.69, 9.17) is 46.4 Å². The van der Waals surface area contributed by atoms with E-state index in [2.05, 4.69) is 0 Å². The van der Waals surface area contributed by atoms with Gasteiger partial charge in [0.1, 0.15) is 0 Å². The van der Waals surface area contributed by atoms with Crippen molar-refractivity contribution in [1.82, 2.24) is 0 Å². The van der Waals surface area contributed by atoms with Crippen molar-refractivity contribution < 1.29 is 14.7 Å². The van der Waals surface area contributed by atoms with Gasteiger partial charge in [-0.2, -0.15) is 0 Å². The van der Waals surface area contributed by atoms with Crippen LogP contribution in [0.1, 0.15) is 0 Å². The molecule has 0 amide bonds. The Bertz CT molecular complexity index is 627. The molecule has 20 heavy (non-hydrogen) atoms. The summed E-state index contributed by atoms with van der Waals surface area (Å²) >= 11 is 23.4. The van der Waals surface area contributed by atoms with Gasteiger partial charge < -0.3 is 0 Å². The number of benzene rings is 2. The normalized spacial score (nSPS) is 13.8. The van der Waals surface area contributed by atoms with Gasteiger partial charge in [0, 0.05) is 0 Å². The molecule has 2 aromatic carbocycles. The minimum absolute atomic E-state index is 0.0753. The Kier molecular flexibility index (Phi) is 4.29. The van der Waals surface area contributed by atoms with Gasteiger partial charge in [-0.25, -0.2) is 0 Å². The molecule has 0 fully saturated rings. The molecule has 0 spiro atoms. The van der Waals surface area contributed by atoms with Crippen molar-refractivity contribution in [3.63, 3.8) is 0 Å². The van der Waals surface area contributed by atoms with Crippen LogP contribution in [0.4, 0.5) is 0 Å². The zero-order chi connectivity index (χ0) is 15.2. The fraction of sp³-hybridized carbons (Fsp3) is 0. The summed E-state index contributed by atoms with van der Waals surface area (Å²) in [5.41, 5.74) is 0. The summed E-state index contributed by atoms with van der Waals surface area (Å²) in [5.74, 6) is 0. The van der Waals surface area contributed by atoms with Crippen LogP contribution >= 0.6 is 53.7 Å². The fourth-order valence-electron chi connectivity index (χ4n) is 1.76. The summed E-state index contributed by atoms with van der Waals surface area (Å²) in [7, 11) is -5.46. The first-order chi connectivity index (χ1) is 9.10. The quantitative estimate of drug-likeness (QED) is 0.706. The molecule has 0 aliphatic rings. The first-order valence-corrected chi connectivity index (χ1v) is 8.89. The first kappa shape index (κ1) is 16.3. The zero-order valence-corrected chi connectivity index (χ0v) is 13.7. The summed E-state index contributed by atoms with van der Waals surface area (Å²) in [5, 5.41) is -0.0410. The number of rotatable bonds is 2. The van der Waals surface area contributed by atoms with Gasteiger partial charge in [0.15, 0.2) is 0 Å². The Hall–Kier alpha value is -0.0900. The molecule has 0 atom stereocenters. The van der Waals surface area contributed by atoms with Crippen molar-refractivity contribution in [2.75, 3.05) is 0 Å². The Morgan fingerprint density at radius 1 is 0.650 bits per heavy atom. The van der Waals surface area contributed by atoms with Gasteiger partial charge in [-0.3, -0.25) is 0 Å². The molecule has 0 unspecified atom stereocenters. The fourth-order valence-corrected chi connectivity index (χ4v) is 5.38. The number of halogens is 4. The Morgan fingerprint density at radius 3 is 1.30 bits per heavy atom. The van der Waals surface area contributed by atoms with Crippen molar-refractivity contribution in [1.29, 1.82) is 0 Å². The van der Waals surface area contributed by atoms with Crippen molar-refractivity contribution in [2.24, 2.45) is 0 Å². The molecule has 108 valence electrons. The summed E-state index contributed by atoms with van der Waals surface area (Å²) in [6.45, 7) is 0. The number of hydrogen-bond donors (Lipinski definition) is 3. The van der Waals surface area contributed by atoms with Gasteiger partial charge in [0.05, 0.1) is 0 Å². The maximum absolute atomic E-state index is 10.5. The van der Waals surface area contributed by atoms with Crippen LogP contribution in [0.5, 0.6) is 0 Å². The Balaban J connectivity index is 2.72. The summed E-state index contributed by atoms with van der Waals surface area (Å²) in [6.07, 6.45) is 0. The minimum atomic E-state index is -5.46. The molecule has 0 saturated heterocycles. The second-order valence-corrected chi connectivity index (χ2v) is 8.78. The monoisotopic (exact) mass is 372 g/mol. The van der Waals surface area contributed by atoms with Gasteiger partial charge in [-0.05, 0) is 0 Å². The summed E-state index contributed by atoms with van der Waals surface area (Å²) < 4.78 is 0. The predicted octanol–water partition coefficient (Wildman–Crippen LogP) is 3.53. The third-order valence-electron chi connectivity index (χ3n) is 2.71. The van der Waals surface area contributed by atoms with Crippen LogP contribution in [0.25, 0.3) is 0 Å². The van der Waals surface area contributed by atoms with Crippen LogP contribution in [-0.2, 0) is 0 Å². The third-order valence-corrected chi connectivity index (χ3v) is 6.62. The van der Waals surface area contributed by atoms with Crippen molar-refractivity contribution in [2.45, 2.75) is 0 Å². The molecule has 3 N–H and O–H groups in total. The van der Waals surface area contributed by atoms with Gasteiger partial charge in [0.25, 0.3) is 0 Å². The SMILES string of the molecule is OP(O)(O)(c1ccc(Cl)cc1Cl)c1ccc(Cl)cc1Cl. The van der Waals surface area contributed by atoms with Crippen molar-refractivity contribution in [3.05, 3.63) is 56.5 Å². The van der Waals surface area contributed by atoms with Crippen molar-refractivity contribution >= 4 is 64.3 Å². The molecule has 0 bridgehead atoms. The van der Waals surface area contributed by atoms with Crippen LogP contribution < -0.4 is 10.6 Å². The van der Waals surface area contributed by atoms with E-state index in [0.717, 1.165) is 0 Å². The average Bonchev–Trinajstić information content (AvgIpc) is 2.26. The molecule has 0 saturated carbocycles. The molecule has 0 aliphatic heterocycles. The van der Waals surface area contributed by atoms with E-state index >= 15 is 0 Å². The molecule has 0 aromatic heterocycles. The molecule has 3 nitrogen and oxygen atoms in total. The molecule has 0 aliphatic carbocycles. The van der Waals surface area contributed by atoms with Crippen LogP contribution in [-0.4, -0.2) is 14.7 Å². The molecule has 2 rings (SSSR count). The van der Waals surface area contributed by atoms with Crippen LogP contribution in [0.2, 0.25) is 20.1 Å². The predicted molar refractivity (Wildman–Crippen MR) is 85.8 cm³/mol. The van der Waals surface area contributed by atoms with Crippen LogP contribution in [0, 0.1) is 0 Å². The van der Waals surface area contributed by atoms with E-state index in [1.165, 1.54) is 36.4 Å². The van der Waals surface area contributed by atoms with E-state index in [1.54, 1.807) is 0 Å². The maximum atomic E-state index is 10.5. The van der Waals surface area contributed by atoms with Gasteiger partial charge in [-0.1, -0.05) is 0 Å². The summed E-state index contributed by atoms with van der Waals surface area (Å²) in [4.78, 5) is 31.4. The zero-order valence-electron chi connectivity index (χ0n) is 9.76. The Labute approximate surface area is 135 Å². The van der Waals surface area contributed by atoms with E-state index in [1.807, 2.05) is 0 Å². The van der Waals surface area contributed by atoms with E-state index in [-0.39, 0.29) is 20.7 Å². The van der Waals surface area contributed by atoms with Gasteiger partial charge in [0.2, 0.25) is 0 Å². The second kappa shape index (κ2) is 5.28. The first-order valence-electron chi connectivity index (χ1n) is 5.28. The topological polar surface area (TPSA) is 60.7 Å². The molecule has 0 heterocycles. The molecule has 2 aromatic rings. The molecule has 8 heteroatoms. The van der Waals surface area contributed by atoms with Crippen molar-refractivity contribution in [3.8, 4) is 0 Å². The Morgan fingerprint density at radius 2 is 1.00 bits per heavy atom. The van der Waals surface area contributed by atoms with Gasteiger partial charge >= 0.3 is 135 Å². The van der Waals surface area contributed by atoms with E-state index in [9.17, 15) is 14.7 Å². The van der Waals surface area contributed by atoms with Crippen LogP contribution in [0.3, 0.4) is 0 Å². The molecular formula is C12H9Cl4O3P. The number of hydrogen-bond acceptors (Lipinski definition) is 3. The van der Waals surface area contributed by atoms with Gasteiger partial charge in [-0.15, -0.1) is 0 Å². The molecular weight excluding hydrogens is 365 g/mol. The second-order valence-electron chi connectivity index (χ2n) is 4.17.